The Balaban J connectivity index is 5.12. The quantitative estimate of drug-likeness (QED) is 0.0205. The standard InChI is InChI=1S/C71H129N2O7P/c1-7-10-13-16-19-22-25-27-29-31-33-35-36-38-39-41-43-45-48-51-54-57-60-63-70(74)72-68(67-79-81(76,77)78-66-65-73(4,5)6)69(62-59-56-53-50-47-24-21-18-15-12-9-3)80-71(75)64-61-58-55-52-49-46-44-42-40-37-34-32-30-28-26-23-20-17-14-11-8-2/h11,14,20,23,27-30,34,37,42,44,59,62,68-69H,7-10,12-13,15-19,21-22,24-26,31-33,35-36,38-41,43,45-58,60-61,63-67H2,1-6H3,(H-,72,74,76,77)/p+1/b14-11-,23-20-,29-27+,30-28-,37-34-,44-42-,62-59+. The number of esters is 1. The number of ether oxygens (including phenoxy) is 1. The van der Waals surface area contributed by atoms with Gasteiger partial charge in [-0.2, -0.15) is 0 Å². The Kier molecular flexibility index (Phi) is 58.2. The normalized spacial score (nSPS) is 14.1. The number of allylic oxidation sites excluding steroid dienone is 13. The summed E-state index contributed by atoms with van der Waals surface area (Å²) in [5.41, 5.74) is 0. The van der Waals surface area contributed by atoms with Crippen molar-refractivity contribution in [3.05, 3.63) is 85.1 Å². The lowest BCUT2D eigenvalue weighted by Crippen LogP contribution is -2.47. The Bertz CT molecular complexity index is 1660. The summed E-state index contributed by atoms with van der Waals surface area (Å²) in [4.78, 5) is 37.8. The van der Waals surface area contributed by atoms with Crippen molar-refractivity contribution in [3.63, 3.8) is 0 Å². The lowest BCUT2D eigenvalue weighted by Gasteiger charge is -2.27. The molecule has 10 heteroatoms. The van der Waals surface area contributed by atoms with E-state index in [2.05, 4.69) is 99.0 Å². The summed E-state index contributed by atoms with van der Waals surface area (Å²) in [7, 11) is 1.48. The molecule has 0 aliphatic rings. The number of rotatable bonds is 61. The van der Waals surface area contributed by atoms with E-state index in [-0.39, 0.29) is 31.5 Å². The number of phosphoric acid groups is 1. The first kappa shape index (κ1) is 78.2. The minimum Gasteiger partial charge on any atom is -0.456 e. The Morgan fingerprint density at radius 1 is 0.444 bits per heavy atom. The van der Waals surface area contributed by atoms with Crippen LogP contribution in [0.4, 0.5) is 0 Å². The van der Waals surface area contributed by atoms with E-state index in [1.165, 1.54) is 161 Å². The smallest absolute Gasteiger partial charge is 0.456 e. The maximum absolute atomic E-state index is 13.6. The molecule has 0 bridgehead atoms. The average Bonchev–Trinajstić information content (AvgIpc) is 3.43. The van der Waals surface area contributed by atoms with Gasteiger partial charge in [0.05, 0.1) is 33.8 Å². The highest BCUT2D eigenvalue weighted by atomic mass is 31.2. The summed E-state index contributed by atoms with van der Waals surface area (Å²) in [5.74, 6) is -0.523. The largest absolute Gasteiger partial charge is 0.472 e. The number of quaternary nitrogens is 1. The monoisotopic (exact) mass is 1150 g/mol. The second-order valence-electron chi connectivity index (χ2n) is 24.0. The van der Waals surface area contributed by atoms with Gasteiger partial charge in [-0.25, -0.2) is 4.57 Å². The molecule has 3 atom stereocenters. The fraction of sp³-hybridized carbons (Fsp3) is 0.775. The van der Waals surface area contributed by atoms with Gasteiger partial charge in [-0.05, 0) is 102 Å². The Morgan fingerprint density at radius 3 is 1.20 bits per heavy atom. The van der Waals surface area contributed by atoms with Gasteiger partial charge in [0.1, 0.15) is 19.3 Å². The third-order valence-electron chi connectivity index (χ3n) is 14.8. The average molecular weight is 1150 g/mol. The Hall–Kier alpha value is -2.81. The number of hydrogen-bond acceptors (Lipinski definition) is 6. The molecule has 0 aliphatic heterocycles. The lowest BCUT2D eigenvalue weighted by atomic mass is 10.0. The van der Waals surface area contributed by atoms with E-state index in [1.54, 1.807) is 0 Å². The minimum atomic E-state index is -4.46. The Morgan fingerprint density at radius 2 is 0.790 bits per heavy atom. The van der Waals surface area contributed by atoms with Crippen LogP contribution < -0.4 is 5.32 Å². The van der Waals surface area contributed by atoms with Gasteiger partial charge in [-0.15, -0.1) is 0 Å². The number of amides is 1. The van der Waals surface area contributed by atoms with E-state index in [0.717, 1.165) is 103 Å². The van der Waals surface area contributed by atoms with Crippen molar-refractivity contribution in [2.45, 2.75) is 315 Å². The highest BCUT2D eigenvalue weighted by molar-refractivity contribution is 7.47. The maximum atomic E-state index is 13.6. The maximum Gasteiger partial charge on any atom is 0.472 e. The number of unbranched alkanes of at least 4 members (excludes halogenated alkanes) is 33. The van der Waals surface area contributed by atoms with Crippen molar-refractivity contribution in [2.75, 3.05) is 40.9 Å². The first-order chi connectivity index (χ1) is 39.4. The van der Waals surface area contributed by atoms with E-state index < -0.39 is 20.0 Å². The SMILES string of the molecule is CC/C=C\C/C=C\C/C=C\C/C=C\C/C=C\CCCCCCCC(=O)OC(/C=C/CCCCCCCCCCC)C(COP(=O)(O)OCC[N+](C)(C)C)NC(=O)CCCCCCCCCCCCCCC/C=C/CCCCCCCC. The molecule has 1 amide bonds. The summed E-state index contributed by atoms with van der Waals surface area (Å²) < 4.78 is 30.7. The first-order valence-corrected chi connectivity index (χ1v) is 35.4. The van der Waals surface area contributed by atoms with Crippen molar-refractivity contribution < 1.29 is 37.3 Å². The zero-order chi connectivity index (χ0) is 59.3. The number of phosphoric ester groups is 1. The van der Waals surface area contributed by atoms with Gasteiger partial charge in [0.2, 0.25) is 5.91 Å². The summed E-state index contributed by atoms with van der Waals surface area (Å²) in [6.45, 7) is 6.90. The van der Waals surface area contributed by atoms with Gasteiger partial charge < -0.3 is 19.4 Å². The first-order valence-electron chi connectivity index (χ1n) is 33.9. The van der Waals surface area contributed by atoms with Crippen molar-refractivity contribution >= 4 is 19.7 Å². The fourth-order valence-electron chi connectivity index (χ4n) is 9.61. The molecule has 0 heterocycles. The third kappa shape index (κ3) is 61.6. The van der Waals surface area contributed by atoms with Crippen molar-refractivity contribution in [3.8, 4) is 0 Å². The van der Waals surface area contributed by atoms with Crippen LogP contribution in [-0.4, -0.2) is 74.3 Å². The zero-order valence-electron chi connectivity index (χ0n) is 53.8. The minimum absolute atomic E-state index is 0.0343. The number of carbonyl (C=O) groups excluding carboxylic acids is 2. The van der Waals surface area contributed by atoms with E-state index in [4.69, 9.17) is 13.8 Å². The molecule has 0 rings (SSSR count). The predicted octanol–water partition coefficient (Wildman–Crippen LogP) is 21.3. The van der Waals surface area contributed by atoms with E-state index in [9.17, 15) is 19.0 Å². The molecule has 2 N–H and O–H groups in total. The van der Waals surface area contributed by atoms with Crippen LogP contribution in [0, 0.1) is 0 Å². The molecule has 0 fully saturated rings. The Labute approximate surface area is 501 Å². The molecule has 0 aromatic heterocycles. The third-order valence-corrected chi connectivity index (χ3v) is 15.8. The molecular weight excluding hydrogens is 1020 g/mol. The summed E-state index contributed by atoms with van der Waals surface area (Å²) in [5, 5.41) is 3.06. The molecule has 3 unspecified atom stereocenters. The number of carbonyl (C=O) groups is 2. The van der Waals surface area contributed by atoms with Crippen LogP contribution in [0.3, 0.4) is 0 Å². The molecule has 9 nitrogen and oxygen atoms in total. The van der Waals surface area contributed by atoms with E-state index in [0.29, 0.717) is 23.9 Å². The molecule has 0 saturated heterocycles. The van der Waals surface area contributed by atoms with Crippen LogP contribution in [0.5, 0.6) is 0 Å². The van der Waals surface area contributed by atoms with Gasteiger partial charge in [0.25, 0.3) is 0 Å². The highest BCUT2D eigenvalue weighted by Gasteiger charge is 2.30. The molecular formula is C71H130N2O7P+. The lowest BCUT2D eigenvalue weighted by molar-refractivity contribution is -0.870. The van der Waals surface area contributed by atoms with Crippen LogP contribution in [0.1, 0.15) is 303 Å². The molecule has 0 aliphatic carbocycles. The number of nitrogens with one attached hydrogen (secondary N) is 1. The van der Waals surface area contributed by atoms with Crippen LogP contribution in [0.15, 0.2) is 85.1 Å². The molecule has 0 radical (unpaired) electrons. The molecule has 0 aromatic rings. The predicted molar refractivity (Wildman–Crippen MR) is 351 cm³/mol. The second-order valence-corrected chi connectivity index (χ2v) is 25.4. The molecule has 0 saturated carbocycles. The molecule has 470 valence electrons. The van der Waals surface area contributed by atoms with Crippen molar-refractivity contribution in [1.82, 2.24) is 5.32 Å². The summed E-state index contributed by atoms with van der Waals surface area (Å²) in [6.07, 6.45) is 80.2. The molecule has 0 aromatic carbocycles. The van der Waals surface area contributed by atoms with E-state index >= 15 is 0 Å². The van der Waals surface area contributed by atoms with Gasteiger partial charge >= 0.3 is 13.8 Å². The van der Waals surface area contributed by atoms with E-state index in [1.807, 2.05) is 33.3 Å². The fourth-order valence-corrected chi connectivity index (χ4v) is 10.3. The van der Waals surface area contributed by atoms with Crippen LogP contribution in [0.2, 0.25) is 0 Å². The topological polar surface area (TPSA) is 111 Å². The summed E-state index contributed by atoms with van der Waals surface area (Å²) in [6, 6.07) is -0.860. The number of nitrogens with zero attached hydrogens (tertiary/aromatic N) is 1. The van der Waals surface area contributed by atoms with Gasteiger partial charge in [0, 0.05) is 12.8 Å². The number of hydrogen-bond donors (Lipinski definition) is 2. The number of likely N-dealkylation sites (N-methyl/N-ethyl adjacent to an activating group) is 1. The van der Waals surface area contributed by atoms with Crippen LogP contribution >= 0.6 is 7.82 Å². The molecule has 0 spiro atoms. The second kappa shape index (κ2) is 60.3. The van der Waals surface area contributed by atoms with Gasteiger partial charge in [-0.3, -0.25) is 18.6 Å². The van der Waals surface area contributed by atoms with Gasteiger partial charge in [-0.1, -0.05) is 273 Å². The van der Waals surface area contributed by atoms with Crippen LogP contribution in [0.25, 0.3) is 0 Å². The zero-order valence-corrected chi connectivity index (χ0v) is 54.7. The van der Waals surface area contributed by atoms with Crippen LogP contribution in [-0.2, 0) is 27.9 Å². The molecule has 81 heavy (non-hydrogen) atoms. The summed E-state index contributed by atoms with van der Waals surface area (Å²) >= 11 is 0. The van der Waals surface area contributed by atoms with Crippen molar-refractivity contribution in [1.29, 1.82) is 0 Å². The van der Waals surface area contributed by atoms with Crippen molar-refractivity contribution in [2.24, 2.45) is 0 Å². The van der Waals surface area contributed by atoms with Gasteiger partial charge in [0.15, 0.2) is 0 Å². The highest BCUT2D eigenvalue weighted by Crippen LogP contribution is 2.43.